The standard InChI is InChI=1S/C22H20N6O/c1-4-28-20(10-18(26-28)15-6-5-7-23-11-15)17-8-16-9-19(25-22(16)24-12-17)21-13(2)27-29-14(21)3/h5-12H,4H2,1-3H3,(H,24,25). The lowest BCUT2D eigenvalue weighted by atomic mass is 10.1. The molecule has 7 heteroatoms. The predicted octanol–water partition coefficient (Wildman–Crippen LogP) is 4.78. The Morgan fingerprint density at radius 1 is 1.10 bits per heavy atom. The molecule has 0 aliphatic carbocycles. The Hall–Kier alpha value is -3.74. The van der Waals surface area contributed by atoms with Crippen molar-refractivity contribution in [1.29, 1.82) is 0 Å². The normalized spacial score (nSPS) is 11.4. The molecule has 0 spiro atoms. The van der Waals surface area contributed by atoms with Crippen molar-refractivity contribution in [2.24, 2.45) is 0 Å². The third kappa shape index (κ3) is 2.91. The highest BCUT2D eigenvalue weighted by Gasteiger charge is 2.16. The lowest BCUT2D eigenvalue weighted by molar-refractivity contribution is 0.393. The second-order valence-electron chi connectivity index (χ2n) is 7.02. The molecule has 5 aromatic heterocycles. The van der Waals surface area contributed by atoms with Crippen LogP contribution in [-0.4, -0.2) is 29.9 Å². The van der Waals surface area contributed by atoms with Gasteiger partial charge in [0.15, 0.2) is 0 Å². The molecule has 7 nitrogen and oxygen atoms in total. The summed E-state index contributed by atoms with van der Waals surface area (Å²) in [5.41, 5.74) is 7.59. The molecule has 0 radical (unpaired) electrons. The van der Waals surface area contributed by atoms with Gasteiger partial charge in [0.25, 0.3) is 0 Å². The molecule has 0 amide bonds. The van der Waals surface area contributed by atoms with Crippen LogP contribution in [0.1, 0.15) is 18.4 Å². The fourth-order valence-corrected chi connectivity index (χ4v) is 3.70. The number of H-pyrrole nitrogens is 1. The van der Waals surface area contributed by atoms with Gasteiger partial charge in [-0.2, -0.15) is 5.10 Å². The number of nitrogens with zero attached hydrogens (tertiary/aromatic N) is 5. The number of fused-ring (bicyclic) bond motifs is 1. The largest absolute Gasteiger partial charge is 0.361 e. The van der Waals surface area contributed by atoms with Crippen LogP contribution in [-0.2, 0) is 6.54 Å². The van der Waals surface area contributed by atoms with Crippen molar-refractivity contribution in [3.63, 3.8) is 0 Å². The molecule has 0 saturated heterocycles. The van der Waals surface area contributed by atoms with Gasteiger partial charge in [0.05, 0.1) is 28.3 Å². The number of aryl methyl sites for hydroxylation is 3. The summed E-state index contributed by atoms with van der Waals surface area (Å²) in [5, 5.41) is 9.83. The summed E-state index contributed by atoms with van der Waals surface area (Å²) < 4.78 is 7.30. The van der Waals surface area contributed by atoms with Gasteiger partial charge in [-0.3, -0.25) is 9.67 Å². The zero-order chi connectivity index (χ0) is 20.0. The molecule has 1 N–H and O–H groups in total. The van der Waals surface area contributed by atoms with E-state index in [1.165, 1.54) is 0 Å². The average Bonchev–Trinajstić information content (AvgIpc) is 3.44. The minimum atomic E-state index is 0.769. The van der Waals surface area contributed by atoms with Crippen molar-refractivity contribution < 1.29 is 4.52 Å². The minimum absolute atomic E-state index is 0.769. The summed E-state index contributed by atoms with van der Waals surface area (Å²) in [5.74, 6) is 0.791. The Kier molecular flexibility index (Phi) is 4.01. The number of hydrogen-bond donors (Lipinski definition) is 1. The third-order valence-electron chi connectivity index (χ3n) is 5.11. The SMILES string of the molecule is CCn1nc(-c2cccnc2)cc1-c1cnc2[nH]c(-c3c(C)noc3C)cc2c1. The summed E-state index contributed by atoms with van der Waals surface area (Å²) in [6.07, 6.45) is 5.48. The molecule has 0 aliphatic heterocycles. The molecule has 0 bridgehead atoms. The number of rotatable bonds is 4. The van der Waals surface area contributed by atoms with Gasteiger partial charge in [-0.1, -0.05) is 5.16 Å². The van der Waals surface area contributed by atoms with Crippen LogP contribution in [0.25, 0.3) is 44.8 Å². The molecular weight excluding hydrogens is 364 g/mol. The minimum Gasteiger partial charge on any atom is -0.361 e. The first-order valence-corrected chi connectivity index (χ1v) is 9.54. The highest BCUT2D eigenvalue weighted by Crippen LogP contribution is 2.31. The van der Waals surface area contributed by atoms with E-state index in [1.54, 1.807) is 6.20 Å². The second kappa shape index (κ2) is 6.70. The van der Waals surface area contributed by atoms with Crippen LogP contribution in [0.3, 0.4) is 0 Å². The van der Waals surface area contributed by atoms with E-state index in [9.17, 15) is 0 Å². The number of aromatic amines is 1. The van der Waals surface area contributed by atoms with Crippen LogP contribution in [0.5, 0.6) is 0 Å². The van der Waals surface area contributed by atoms with E-state index in [2.05, 4.69) is 45.2 Å². The second-order valence-corrected chi connectivity index (χ2v) is 7.02. The van der Waals surface area contributed by atoms with Crippen LogP contribution < -0.4 is 0 Å². The van der Waals surface area contributed by atoms with E-state index in [4.69, 9.17) is 9.62 Å². The predicted molar refractivity (Wildman–Crippen MR) is 111 cm³/mol. The fraction of sp³-hybridized carbons (Fsp3) is 0.182. The molecule has 0 unspecified atom stereocenters. The molecule has 29 heavy (non-hydrogen) atoms. The van der Waals surface area contributed by atoms with Gasteiger partial charge in [0.1, 0.15) is 11.4 Å². The van der Waals surface area contributed by atoms with E-state index in [0.29, 0.717) is 0 Å². The van der Waals surface area contributed by atoms with Gasteiger partial charge in [-0.05, 0) is 51.1 Å². The maximum atomic E-state index is 5.31. The molecule has 0 saturated carbocycles. The lowest BCUT2D eigenvalue weighted by Gasteiger charge is -2.04. The highest BCUT2D eigenvalue weighted by molar-refractivity contribution is 5.87. The number of aromatic nitrogens is 6. The Labute approximate surface area is 167 Å². The van der Waals surface area contributed by atoms with Crippen LogP contribution in [0, 0.1) is 13.8 Å². The summed E-state index contributed by atoms with van der Waals surface area (Å²) in [7, 11) is 0. The first-order valence-electron chi connectivity index (χ1n) is 9.54. The molecule has 5 aromatic rings. The summed E-state index contributed by atoms with van der Waals surface area (Å²) in [6, 6.07) is 10.3. The Morgan fingerprint density at radius 2 is 2.00 bits per heavy atom. The maximum Gasteiger partial charge on any atom is 0.143 e. The van der Waals surface area contributed by atoms with Crippen molar-refractivity contribution in [2.45, 2.75) is 27.3 Å². The van der Waals surface area contributed by atoms with Gasteiger partial charge in [0.2, 0.25) is 0 Å². The van der Waals surface area contributed by atoms with Crippen molar-refractivity contribution in [2.75, 3.05) is 0 Å². The van der Waals surface area contributed by atoms with Crippen LogP contribution in [0.15, 0.2) is 53.4 Å². The highest BCUT2D eigenvalue weighted by atomic mass is 16.5. The molecule has 0 aromatic carbocycles. The van der Waals surface area contributed by atoms with Crippen LogP contribution in [0.4, 0.5) is 0 Å². The van der Waals surface area contributed by atoms with Crippen molar-refractivity contribution in [1.82, 2.24) is 29.9 Å². The smallest absolute Gasteiger partial charge is 0.143 e. The molecule has 144 valence electrons. The zero-order valence-corrected chi connectivity index (χ0v) is 16.5. The maximum absolute atomic E-state index is 5.31. The van der Waals surface area contributed by atoms with Crippen LogP contribution in [0.2, 0.25) is 0 Å². The monoisotopic (exact) mass is 384 g/mol. The van der Waals surface area contributed by atoms with E-state index in [-0.39, 0.29) is 0 Å². The quantitative estimate of drug-likeness (QED) is 0.482. The lowest BCUT2D eigenvalue weighted by Crippen LogP contribution is -1.99. The summed E-state index contributed by atoms with van der Waals surface area (Å²) in [6.45, 7) is 6.71. The fourth-order valence-electron chi connectivity index (χ4n) is 3.70. The van der Waals surface area contributed by atoms with Crippen molar-refractivity contribution >= 4 is 11.0 Å². The molecule has 5 rings (SSSR count). The summed E-state index contributed by atoms with van der Waals surface area (Å²) >= 11 is 0. The van der Waals surface area contributed by atoms with Crippen LogP contribution >= 0.6 is 0 Å². The zero-order valence-electron chi connectivity index (χ0n) is 16.5. The van der Waals surface area contributed by atoms with Gasteiger partial charge in [-0.15, -0.1) is 0 Å². The van der Waals surface area contributed by atoms with Gasteiger partial charge < -0.3 is 9.51 Å². The van der Waals surface area contributed by atoms with Crippen molar-refractivity contribution in [3.8, 4) is 33.8 Å². The first kappa shape index (κ1) is 17.4. The van der Waals surface area contributed by atoms with E-state index in [1.807, 2.05) is 43.1 Å². The van der Waals surface area contributed by atoms with E-state index >= 15 is 0 Å². The number of pyridine rings is 2. The van der Waals surface area contributed by atoms with E-state index < -0.39 is 0 Å². The topological polar surface area (TPSA) is 85.4 Å². The Balaban J connectivity index is 1.60. The third-order valence-corrected chi connectivity index (χ3v) is 5.11. The van der Waals surface area contributed by atoms with Gasteiger partial charge >= 0.3 is 0 Å². The molecule has 0 fully saturated rings. The Bertz CT molecular complexity index is 1290. The van der Waals surface area contributed by atoms with Gasteiger partial charge in [0, 0.05) is 41.6 Å². The molecular formula is C22H20N6O. The first-order chi connectivity index (χ1) is 14.1. The molecule has 0 atom stereocenters. The van der Waals surface area contributed by atoms with Gasteiger partial charge in [-0.25, -0.2) is 4.98 Å². The molecule has 5 heterocycles. The molecule has 0 aliphatic rings. The Morgan fingerprint density at radius 3 is 2.72 bits per heavy atom. The summed E-state index contributed by atoms with van der Waals surface area (Å²) in [4.78, 5) is 12.2. The number of nitrogens with one attached hydrogen (secondary N) is 1. The van der Waals surface area contributed by atoms with E-state index in [0.717, 1.165) is 62.8 Å². The van der Waals surface area contributed by atoms with Crippen molar-refractivity contribution in [3.05, 3.63) is 60.4 Å². The number of hydrogen-bond acceptors (Lipinski definition) is 5. The average molecular weight is 384 g/mol.